The number of nitrogens with zero attached hydrogens (tertiary/aromatic N) is 2. The maximum Gasteiger partial charge on any atom is 0.269 e. The fourth-order valence-electron chi connectivity index (χ4n) is 2.84. The highest BCUT2D eigenvalue weighted by Gasteiger charge is 2.50. The molecule has 0 spiro atoms. The van der Waals surface area contributed by atoms with Gasteiger partial charge in [-0.3, -0.25) is 34.6 Å². The smallest absolute Gasteiger partial charge is 0.269 e. The standard InChI is InChI=1S/C19H15ClN2O10/c20-14(23)9-19(28,17(26)11-3-7-13(8-4-11)22(31)32)18(27)16(25)15(24)10-1-5-12(6-2-10)21(29)30/h1-8,16,18,25,27-28H,9H2/t16?,18-,19-/m1/s1. The summed E-state index contributed by atoms with van der Waals surface area (Å²) in [4.78, 5) is 56.7. The molecule has 3 atom stereocenters. The molecule has 0 heterocycles. The molecule has 0 saturated carbocycles. The van der Waals surface area contributed by atoms with Crippen molar-refractivity contribution >= 4 is 39.8 Å². The summed E-state index contributed by atoms with van der Waals surface area (Å²) in [6, 6.07) is 7.65. The summed E-state index contributed by atoms with van der Waals surface area (Å²) in [6.45, 7) is 0. The van der Waals surface area contributed by atoms with Gasteiger partial charge < -0.3 is 15.3 Å². The zero-order valence-electron chi connectivity index (χ0n) is 16.0. The van der Waals surface area contributed by atoms with Gasteiger partial charge in [0.1, 0.15) is 12.2 Å². The molecule has 3 N–H and O–H groups in total. The Bertz CT molecular complexity index is 1070. The minimum atomic E-state index is -3.06. The van der Waals surface area contributed by atoms with E-state index in [0.29, 0.717) is 0 Å². The quantitative estimate of drug-likeness (QED) is 0.197. The van der Waals surface area contributed by atoms with Crippen LogP contribution in [0.25, 0.3) is 0 Å². The van der Waals surface area contributed by atoms with Crippen LogP contribution in [0.2, 0.25) is 0 Å². The van der Waals surface area contributed by atoms with E-state index < -0.39 is 50.9 Å². The molecular formula is C19H15ClN2O10. The van der Waals surface area contributed by atoms with E-state index in [2.05, 4.69) is 0 Å². The molecule has 168 valence electrons. The first-order chi connectivity index (χ1) is 14.9. The molecule has 12 nitrogen and oxygen atoms in total. The molecule has 1 unspecified atom stereocenters. The van der Waals surface area contributed by atoms with Crippen molar-refractivity contribution in [2.45, 2.75) is 24.2 Å². The lowest BCUT2D eigenvalue weighted by atomic mass is 9.81. The lowest BCUT2D eigenvalue weighted by molar-refractivity contribution is -0.385. The van der Waals surface area contributed by atoms with Gasteiger partial charge in [0.15, 0.2) is 17.2 Å². The van der Waals surface area contributed by atoms with Crippen molar-refractivity contribution in [3.05, 3.63) is 79.9 Å². The van der Waals surface area contributed by atoms with E-state index >= 15 is 0 Å². The predicted molar refractivity (Wildman–Crippen MR) is 107 cm³/mol. The first-order valence-electron chi connectivity index (χ1n) is 8.73. The first-order valence-corrected chi connectivity index (χ1v) is 9.11. The second-order valence-electron chi connectivity index (χ2n) is 6.65. The molecule has 0 amide bonds. The molecule has 32 heavy (non-hydrogen) atoms. The number of aliphatic hydroxyl groups excluding tert-OH is 2. The number of benzene rings is 2. The molecule has 0 aliphatic rings. The molecule has 0 radical (unpaired) electrons. The molecule has 0 aromatic heterocycles. The third-order valence-corrected chi connectivity index (χ3v) is 4.70. The summed E-state index contributed by atoms with van der Waals surface area (Å²) >= 11 is 5.27. The van der Waals surface area contributed by atoms with Crippen molar-refractivity contribution in [1.82, 2.24) is 0 Å². The van der Waals surface area contributed by atoms with Crippen LogP contribution in [0, 0.1) is 20.2 Å². The molecule has 2 aromatic rings. The van der Waals surface area contributed by atoms with Crippen molar-refractivity contribution < 1.29 is 39.5 Å². The average molecular weight is 467 g/mol. The second-order valence-corrected chi connectivity index (χ2v) is 7.07. The van der Waals surface area contributed by atoms with E-state index in [4.69, 9.17) is 11.6 Å². The van der Waals surface area contributed by atoms with Crippen LogP contribution in [0.3, 0.4) is 0 Å². The summed E-state index contributed by atoms with van der Waals surface area (Å²) in [5, 5.41) is 51.7. The Labute approximate surface area is 184 Å². The van der Waals surface area contributed by atoms with E-state index in [9.17, 15) is 49.9 Å². The number of ketones is 2. The summed E-state index contributed by atoms with van der Waals surface area (Å²) in [6.07, 6.45) is -6.18. The lowest BCUT2D eigenvalue weighted by Gasteiger charge is -2.32. The largest absolute Gasteiger partial charge is 0.386 e. The fraction of sp³-hybridized carbons (Fsp3) is 0.211. The number of hydrogen-bond acceptors (Lipinski definition) is 10. The molecule has 13 heteroatoms. The van der Waals surface area contributed by atoms with Crippen molar-refractivity contribution in [3.63, 3.8) is 0 Å². The number of aliphatic hydroxyl groups is 3. The number of nitro benzene ring substituents is 2. The lowest BCUT2D eigenvalue weighted by Crippen LogP contribution is -2.57. The van der Waals surface area contributed by atoms with Gasteiger partial charge in [-0.25, -0.2) is 0 Å². The van der Waals surface area contributed by atoms with Crippen molar-refractivity contribution in [2.75, 3.05) is 0 Å². The molecule has 0 saturated heterocycles. The van der Waals surface area contributed by atoms with Gasteiger partial charge >= 0.3 is 0 Å². The molecule has 2 aromatic carbocycles. The Morgan fingerprint density at radius 3 is 1.66 bits per heavy atom. The molecular weight excluding hydrogens is 452 g/mol. The Kier molecular flexibility index (Phi) is 7.48. The van der Waals surface area contributed by atoms with Gasteiger partial charge in [0.2, 0.25) is 5.24 Å². The van der Waals surface area contributed by atoms with Crippen LogP contribution in [0.4, 0.5) is 11.4 Å². The van der Waals surface area contributed by atoms with Crippen LogP contribution in [0.15, 0.2) is 48.5 Å². The topological polar surface area (TPSA) is 198 Å². The minimum Gasteiger partial charge on any atom is -0.386 e. The third kappa shape index (κ3) is 5.18. The maximum absolute atomic E-state index is 12.8. The Morgan fingerprint density at radius 2 is 1.28 bits per heavy atom. The molecule has 0 aliphatic heterocycles. The molecule has 0 bridgehead atoms. The van der Waals surface area contributed by atoms with Crippen LogP contribution in [-0.2, 0) is 4.79 Å². The van der Waals surface area contributed by atoms with Crippen LogP contribution < -0.4 is 0 Å². The molecule has 0 fully saturated rings. The fourth-order valence-corrected chi connectivity index (χ4v) is 3.04. The minimum absolute atomic E-state index is 0.288. The van der Waals surface area contributed by atoms with Crippen LogP contribution in [0.5, 0.6) is 0 Å². The summed E-state index contributed by atoms with van der Waals surface area (Å²) < 4.78 is 0. The second kappa shape index (κ2) is 9.70. The predicted octanol–water partition coefficient (Wildman–Crippen LogP) is 1.18. The van der Waals surface area contributed by atoms with Gasteiger partial charge in [0, 0.05) is 35.4 Å². The van der Waals surface area contributed by atoms with Crippen molar-refractivity contribution in [2.24, 2.45) is 0 Å². The van der Waals surface area contributed by atoms with Gasteiger partial charge in [0.05, 0.1) is 16.3 Å². The number of hydrogen-bond donors (Lipinski definition) is 3. The van der Waals surface area contributed by atoms with Crippen LogP contribution >= 0.6 is 11.6 Å². The Morgan fingerprint density at radius 1 is 0.875 bits per heavy atom. The Hall–Kier alpha value is -3.58. The highest BCUT2D eigenvalue weighted by molar-refractivity contribution is 6.63. The summed E-state index contributed by atoms with van der Waals surface area (Å²) in [7, 11) is 0. The van der Waals surface area contributed by atoms with E-state index in [1.165, 1.54) is 0 Å². The average Bonchev–Trinajstić information content (AvgIpc) is 2.76. The van der Waals surface area contributed by atoms with Gasteiger partial charge in [0.25, 0.3) is 11.4 Å². The number of nitro groups is 2. The number of carbonyl (C=O) groups is 3. The number of Topliss-reactive ketones (excluding diaryl/α,β-unsaturated/α-hetero) is 2. The molecule has 0 aliphatic carbocycles. The van der Waals surface area contributed by atoms with Crippen LogP contribution in [0.1, 0.15) is 27.1 Å². The highest BCUT2D eigenvalue weighted by atomic mass is 35.5. The number of halogens is 1. The SMILES string of the molecule is O=C(Cl)C[C@@](O)(C(=O)c1ccc([N+](=O)[O-])cc1)[C@H](O)C(O)C(=O)c1ccc([N+](=O)[O-])cc1. The van der Waals surface area contributed by atoms with E-state index in [-0.39, 0.29) is 22.5 Å². The summed E-state index contributed by atoms with van der Waals surface area (Å²) in [5.41, 5.74) is -4.46. The van der Waals surface area contributed by atoms with Crippen molar-refractivity contribution in [3.8, 4) is 0 Å². The van der Waals surface area contributed by atoms with E-state index in [1.807, 2.05) is 0 Å². The number of carbonyl (C=O) groups excluding carboxylic acids is 3. The van der Waals surface area contributed by atoms with Gasteiger partial charge in [-0.05, 0) is 35.9 Å². The Balaban J connectivity index is 2.37. The monoisotopic (exact) mass is 466 g/mol. The summed E-state index contributed by atoms with van der Waals surface area (Å²) in [5.74, 6) is -2.53. The van der Waals surface area contributed by atoms with Crippen LogP contribution in [-0.4, -0.2) is 59.8 Å². The first kappa shape index (κ1) is 24.7. The van der Waals surface area contributed by atoms with E-state index in [0.717, 1.165) is 48.5 Å². The molecule has 2 rings (SSSR count). The third-order valence-electron chi connectivity index (χ3n) is 4.56. The van der Waals surface area contributed by atoms with Gasteiger partial charge in [-0.1, -0.05) is 0 Å². The van der Waals surface area contributed by atoms with Crippen molar-refractivity contribution in [1.29, 1.82) is 0 Å². The zero-order chi connectivity index (χ0) is 24.2. The van der Waals surface area contributed by atoms with Gasteiger partial charge in [-0.2, -0.15) is 0 Å². The zero-order valence-corrected chi connectivity index (χ0v) is 16.7. The normalized spacial score (nSPS) is 14.6. The highest BCUT2D eigenvalue weighted by Crippen LogP contribution is 2.28. The maximum atomic E-state index is 12.8. The number of non-ortho nitro benzene ring substituents is 2. The van der Waals surface area contributed by atoms with E-state index in [1.54, 1.807) is 0 Å². The number of rotatable bonds is 10. The van der Waals surface area contributed by atoms with Gasteiger partial charge in [-0.15, -0.1) is 0 Å².